The van der Waals surface area contributed by atoms with E-state index in [1.807, 2.05) is 30.3 Å². The van der Waals surface area contributed by atoms with Gasteiger partial charge in [-0.15, -0.1) is 11.3 Å². The van der Waals surface area contributed by atoms with Crippen LogP contribution in [-0.2, 0) is 0 Å². The van der Waals surface area contributed by atoms with Gasteiger partial charge in [-0.05, 0) is 49.2 Å². The fourth-order valence-corrected chi connectivity index (χ4v) is 6.14. The van der Waals surface area contributed by atoms with Crippen LogP contribution in [0.4, 0.5) is 21.9 Å². The molecule has 2 aromatic carbocycles. The van der Waals surface area contributed by atoms with Crippen LogP contribution >= 0.6 is 22.9 Å². The zero-order valence-corrected chi connectivity index (χ0v) is 21.3. The van der Waals surface area contributed by atoms with Crippen LogP contribution in [0.5, 0.6) is 11.5 Å². The quantitative estimate of drug-likeness (QED) is 0.274. The molecule has 0 saturated heterocycles. The number of halogens is 1. The molecule has 3 heterocycles. The summed E-state index contributed by atoms with van der Waals surface area (Å²) in [5, 5.41) is 7.07. The van der Waals surface area contributed by atoms with E-state index in [0.717, 1.165) is 25.7 Å². The minimum Gasteiger partial charge on any atom is -0.456 e. The molecule has 0 spiro atoms. The van der Waals surface area contributed by atoms with Crippen molar-refractivity contribution in [2.75, 3.05) is 10.2 Å². The summed E-state index contributed by atoms with van der Waals surface area (Å²) in [4.78, 5) is 33.7. The van der Waals surface area contributed by atoms with Crippen molar-refractivity contribution >= 4 is 62.2 Å². The van der Waals surface area contributed by atoms with Crippen molar-refractivity contribution in [2.45, 2.75) is 37.8 Å². The highest BCUT2D eigenvalue weighted by atomic mass is 35.5. The first-order valence-electron chi connectivity index (χ1n) is 12.1. The van der Waals surface area contributed by atoms with Crippen molar-refractivity contribution in [3.63, 3.8) is 0 Å². The van der Waals surface area contributed by atoms with Gasteiger partial charge in [-0.25, -0.2) is 9.78 Å². The molecule has 0 unspecified atom stereocenters. The first kappa shape index (κ1) is 23.7. The second-order valence-corrected chi connectivity index (χ2v) is 10.5. The summed E-state index contributed by atoms with van der Waals surface area (Å²) in [6.07, 6.45) is 5.48. The SMILES string of the molecule is N[C@H]1CCCC[C@H]1NC(=O)c1sc2nccc3c2c1NC(=O)N3c1ccc(Oc2ccccc2)c(Cl)c1. The molecule has 3 amide bonds. The fraction of sp³-hybridized carbons (Fsp3) is 0.222. The van der Waals surface area contributed by atoms with Crippen LogP contribution in [0.15, 0.2) is 60.8 Å². The Morgan fingerprint density at radius 1 is 1.16 bits per heavy atom. The van der Waals surface area contributed by atoms with Crippen molar-refractivity contribution < 1.29 is 14.3 Å². The summed E-state index contributed by atoms with van der Waals surface area (Å²) in [5.41, 5.74) is 7.90. The second kappa shape index (κ2) is 9.66. The largest absolute Gasteiger partial charge is 0.456 e. The Kier molecular flexibility index (Phi) is 6.19. The number of rotatable bonds is 5. The van der Waals surface area contributed by atoms with Crippen molar-refractivity contribution in [1.29, 1.82) is 0 Å². The van der Waals surface area contributed by atoms with Gasteiger partial charge in [-0.3, -0.25) is 9.69 Å². The molecule has 6 rings (SSSR count). The zero-order chi connectivity index (χ0) is 25.5. The van der Waals surface area contributed by atoms with E-state index in [1.165, 1.54) is 16.2 Å². The van der Waals surface area contributed by atoms with Crippen molar-refractivity contribution in [1.82, 2.24) is 10.3 Å². The number of benzene rings is 2. The van der Waals surface area contributed by atoms with E-state index < -0.39 is 6.03 Å². The first-order chi connectivity index (χ1) is 18.0. The van der Waals surface area contributed by atoms with E-state index in [1.54, 1.807) is 30.5 Å². The third kappa shape index (κ3) is 4.39. The number of para-hydroxylation sites is 1. The number of anilines is 3. The van der Waals surface area contributed by atoms with E-state index in [2.05, 4.69) is 15.6 Å². The molecule has 10 heteroatoms. The maximum Gasteiger partial charge on any atom is 0.331 e. The molecule has 0 radical (unpaired) electrons. The average Bonchev–Trinajstić information content (AvgIpc) is 3.27. The van der Waals surface area contributed by atoms with E-state index in [9.17, 15) is 9.59 Å². The fourth-order valence-electron chi connectivity index (χ4n) is 4.90. The number of pyridine rings is 1. The minimum absolute atomic E-state index is 0.0687. The standard InChI is InChI=1S/C27H24ClN5O3S/c28-17-14-15(10-11-21(17)36-16-6-2-1-3-7-16)33-20-12-13-30-26-22(20)23(32-27(33)35)24(37-26)25(34)31-19-9-5-4-8-18(19)29/h1-3,6-7,10-14,18-19H,4-5,8-9,29H2,(H,31,34)(H,32,35)/t18-,19+/m0/s1. The van der Waals surface area contributed by atoms with Gasteiger partial charge in [0.05, 0.1) is 27.5 Å². The maximum absolute atomic E-state index is 13.4. The lowest BCUT2D eigenvalue weighted by Gasteiger charge is -2.30. The second-order valence-electron chi connectivity index (χ2n) is 9.14. The molecule has 1 aliphatic carbocycles. The number of hydrogen-bond donors (Lipinski definition) is 3. The Morgan fingerprint density at radius 3 is 2.76 bits per heavy atom. The van der Waals surface area contributed by atoms with Gasteiger partial charge in [0, 0.05) is 18.3 Å². The van der Waals surface area contributed by atoms with Crippen LogP contribution in [0.2, 0.25) is 5.02 Å². The lowest BCUT2D eigenvalue weighted by molar-refractivity contribution is 0.0926. The summed E-state index contributed by atoms with van der Waals surface area (Å²) in [7, 11) is 0. The Morgan fingerprint density at radius 2 is 1.97 bits per heavy atom. The van der Waals surface area contributed by atoms with Crippen molar-refractivity contribution in [3.05, 3.63) is 70.7 Å². The topological polar surface area (TPSA) is 110 Å². The van der Waals surface area contributed by atoms with Crippen LogP contribution in [0.3, 0.4) is 0 Å². The molecule has 188 valence electrons. The molecular weight excluding hydrogens is 510 g/mol. The number of amides is 3. The van der Waals surface area contributed by atoms with Crippen molar-refractivity contribution in [2.24, 2.45) is 5.73 Å². The van der Waals surface area contributed by atoms with Crippen LogP contribution in [0, 0.1) is 0 Å². The third-order valence-electron chi connectivity index (χ3n) is 6.73. The minimum atomic E-state index is -0.394. The summed E-state index contributed by atoms with van der Waals surface area (Å²) >= 11 is 7.80. The first-order valence-corrected chi connectivity index (χ1v) is 13.3. The van der Waals surface area contributed by atoms with Gasteiger partial charge in [0.25, 0.3) is 5.91 Å². The van der Waals surface area contributed by atoms with Gasteiger partial charge in [-0.2, -0.15) is 0 Å². The summed E-state index contributed by atoms with van der Waals surface area (Å²) in [6, 6.07) is 15.7. The number of nitrogens with two attached hydrogens (primary N) is 1. The summed E-state index contributed by atoms with van der Waals surface area (Å²) in [5.74, 6) is 0.891. The van der Waals surface area contributed by atoms with Crippen LogP contribution in [0.25, 0.3) is 10.2 Å². The normalized spacial score (nSPS) is 19.0. The Labute approximate surface area is 222 Å². The molecule has 2 aromatic heterocycles. The lowest BCUT2D eigenvalue weighted by Crippen LogP contribution is -2.49. The number of hydrogen-bond acceptors (Lipinski definition) is 6. The third-order valence-corrected chi connectivity index (χ3v) is 8.12. The lowest BCUT2D eigenvalue weighted by atomic mass is 9.91. The van der Waals surface area contributed by atoms with Gasteiger partial charge >= 0.3 is 6.03 Å². The number of carbonyl (C=O) groups excluding carboxylic acids is 2. The Bertz CT molecular complexity index is 1510. The monoisotopic (exact) mass is 533 g/mol. The predicted octanol–water partition coefficient (Wildman–Crippen LogP) is 6.43. The molecular formula is C27H24ClN5O3S. The van der Waals surface area contributed by atoms with Crippen LogP contribution in [0.1, 0.15) is 35.4 Å². The number of carbonyl (C=O) groups is 2. The van der Waals surface area contributed by atoms with Gasteiger partial charge in [0.1, 0.15) is 21.2 Å². The molecule has 0 bridgehead atoms. The van der Waals surface area contributed by atoms with E-state index in [4.69, 9.17) is 22.1 Å². The Balaban J connectivity index is 1.33. The predicted molar refractivity (Wildman–Crippen MR) is 146 cm³/mol. The van der Waals surface area contributed by atoms with Gasteiger partial charge in [-0.1, -0.05) is 42.6 Å². The number of nitrogens with zero attached hydrogens (tertiary/aromatic N) is 2. The average molecular weight is 534 g/mol. The maximum atomic E-state index is 13.4. The smallest absolute Gasteiger partial charge is 0.331 e. The summed E-state index contributed by atoms with van der Waals surface area (Å²) in [6.45, 7) is 0. The van der Waals surface area contributed by atoms with Crippen LogP contribution in [-0.4, -0.2) is 29.0 Å². The molecule has 1 fully saturated rings. The molecule has 4 N–H and O–H groups in total. The number of ether oxygens (including phenoxy) is 1. The van der Waals surface area contributed by atoms with E-state index in [-0.39, 0.29) is 18.0 Å². The molecule has 1 saturated carbocycles. The van der Waals surface area contributed by atoms with E-state index >= 15 is 0 Å². The number of nitrogens with one attached hydrogen (secondary N) is 2. The molecule has 2 atom stereocenters. The van der Waals surface area contributed by atoms with Crippen molar-refractivity contribution in [3.8, 4) is 11.5 Å². The molecule has 2 aliphatic rings. The highest BCUT2D eigenvalue weighted by Crippen LogP contribution is 2.46. The van der Waals surface area contributed by atoms with E-state index in [0.29, 0.717) is 48.7 Å². The molecule has 8 nitrogen and oxygen atoms in total. The van der Waals surface area contributed by atoms with Gasteiger partial charge < -0.3 is 21.1 Å². The van der Waals surface area contributed by atoms with Gasteiger partial charge in [0.2, 0.25) is 0 Å². The number of aromatic nitrogens is 1. The Hall–Kier alpha value is -3.66. The molecule has 37 heavy (non-hydrogen) atoms. The number of urea groups is 1. The molecule has 4 aromatic rings. The summed E-state index contributed by atoms with van der Waals surface area (Å²) < 4.78 is 5.88. The highest BCUT2D eigenvalue weighted by molar-refractivity contribution is 7.21. The molecule has 1 aliphatic heterocycles. The van der Waals surface area contributed by atoms with Crippen LogP contribution < -0.4 is 26.0 Å². The highest BCUT2D eigenvalue weighted by Gasteiger charge is 2.34. The van der Waals surface area contributed by atoms with Gasteiger partial charge in [0.15, 0.2) is 0 Å². The zero-order valence-electron chi connectivity index (χ0n) is 19.7. The number of thiophene rings is 1.